The van der Waals surface area contributed by atoms with Gasteiger partial charge in [0, 0.05) is 48.5 Å². The van der Waals surface area contributed by atoms with E-state index in [0.29, 0.717) is 0 Å². The molecule has 52 heavy (non-hydrogen) atoms. The number of carbonyl (C=O) groups excluding carboxylic acids is 7. The van der Waals surface area contributed by atoms with Crippen molar-refractivity contribution in [2.45, 2.75) is 114 Å². The number of benzene rings is 1. The fraction of sp³-hybridized carbons (Fsp3) is 0.594. The van der Waals surface area contributed by atoms with E-state index in [0.717, 1.165) is 48.5 Å². The third-order valence-electron chi connectivity index (χ3n) is 7.26. The molecule has 0 bridgehead atoms. The van der Waals surface area contributed by atoms with Crippen LogP contribution < -0.4 is 0 Å². The Labute approximate surface area is 298 Å². The Hall–Kier alpha value is -4.66. The molecule has 0 N–H and O–H groups in total. The zero-order valence-corrected chi connectivity index (χ0v) is 30.1. The van der Waals surface area contributed by atoms with E-state index in [4.69, 9.17) is 47.4 Å². The van der Waals surface area contributed by atoms with Crippen molar-refractivity contribution in [2.24, 2.45) is 0 Å². The topological polar surface area (TPSA) is 246 Å². The molecule has 0 aromatic heterocycles. The Kier molecular flexibility index (Phi) is 14.6. The molecule has 0 unspecified atom stereocenters. The summed E-state index contributed by atoms with van der Waals surface area (Å²) in [5, 5.41) is 0. The number of sulfone groups is 1. The van der Waals surface area contributed by atoms with Crippen LogP contribution in [0.3, 0.4) is 0 Å². The predicted molar refractivity (Wildman–Crippen MR) is 167 cm³/mol. The standard InChI is InChI=1S/C32H40O19S/c1-15(33)42-13-23-25(44-17(3)35)27(45-18(4)36)29(47-20(6)38)31(49-23)51-26-24(14-43-16(2)34)50-32(52(40,41)22-11-9-8-10-12-22)30(48-21(7)39)28(26)46-19(5)37/h8-12,23-32H,13-14H2,1-7H3/t23-,24-,25+,26-,27+,28+,29-,30-,31+,32+/m1/s1. The summed E-state index contributed by atoms with van der Waals surface area (Å²) in [6.45, 7) is 5.67. The van der Waals surface area contributed by atoms with Crippen LogP contribution in [0.5, 0.6) is 0 Å². The minimum absolute atomic E-state index is 0.274. The molecule has 288 valence electrons. The Morgan fingerprint density at radius 2 is 0.923 bits per heavy atom. The predicted octanol–water partition coefficient (Wildman–Crippen LogP) is 0.0800. The van der Waals surface area contributed by atoms with E-state index < -0.39 is 125 Å². The van der Waals surface area contributed by atoms with Gasteiger partial charge in [-0.2, -0.15) is 0 Å². The van der Waals surface area contributed by atoms with Crippen LogP contribution in [0, 0.1) is 0 Å². The van der Waals surface area contributed by atoms with Gasteiger partial charge in [-0.15, -0.1) is 0 Å². The number of esters is 7. The summed E-state index contributed by atoms with van der Waals surface area (Å²) >= 11 is 0. The first-order chi connectivity index (χ1) is 24.3. The van der Waals surface area contributed by atoms with Crippen LogP contribution in [-0.2, 0) is 90.8 Å². The van der Waals surface area contributed by atoms with Crippen molar-refractivity contribution in [3.63, 3.8) is 0 Å². The fourth-order valence-corrected chi connectivity index (χ4v) is 7.12. The maximum Gasteiger partial charge on any atom is 0.303 e. The van der Waals surface area contributed by atoms with Gasteiger partial charge in [0.05, 0.1) is 4.90 Å². The maximum atomic E-state index is 14.0. The van der Waals surface area contributed by atoms with Crippen LogP contribution in [0.15, 0.2) is 35.2 Å². The molecule has 2 aliphatic rings. The molecular formula is C32H40O19S. The number of hydrogen-bond acceptors (Lipinski definition) is 19. The second-order valence-corrected chi connectivity index (χ2v) is 13.5. The third kappa shape index (κ3) is 11.2. The lowest BCUT2D eigenvalue weighted by Gasteiger charge is -2.48. The molecule has 0 amide bonds. The largest absolute Gasteiger partial charge is 0.463 e. The van der Waals surface area contributed by atoms with Gasteiger partial charge in [0.1, 0.15) is 31.5 Å². The van der Waals surface area contributed by atoms with Crippen molar-refractivity contribution in [1.29, 1.82) is 0 Å². The molecule has 0 spiro atoms. The first kappa shape index (κ1) is 41.8. The van der Waals surface area contributed by atoms with Gasteiger partial charge in [-0.25, -0.2) is 8.42 Å². The zero-order chi connectivity index (χ0) is 38.9. The first-order valence-corrected chi connectivity index (χ1v) is 17.2. The number of carbonyl (C=O) groups is 7. The monoisotopic (exact) mass is 760 g/mol. The van der Waals surface area contributed by atoms with Crippen molar-refractivity contribution in [2.75, 3.05) is 13.2 Å². The van der Waals surface area contributed by atoms with Gasteiger partial charge in [-0.05, 0) is 12.1 Å². The number of rotatable bonds is 13. The Morgan fingerprint density at radius 3 is 1.38 bits per heavy atom. The molecule has 0 saturated carbocycles. The molecular weight excluding hydrogens is 720 g/mol. The highest BCUT2D eigenvalue weighted by molar-refractivity contribution is 7.92. The molecule has 2 saturated heterocycles. The SMILES string of the molecule is CC(=O)OC[C@H]1O[C@@H](O[C@H]2[C@H](OC(C)=O)[C@@H](OC(C)=O)[C@H](S(=O)(=O)c3ccccc3)O[C@@H]2COC(C)=O)[C@H](OC(C)=O)[C@@H](OC(C)=O)[C@H]1OC(C)=O. The van der Waals surface area contributed by atoms with Gasteiger partial charge in [-0.1, -0.05) is 18.2 Å². The quantitative estimate of drug-likeness (QED) is 0.191. The average molecular weight is 761 g/mol. The van der Waals surface area contributed by atoms with Crippen LogP contribution in [0.1, 0.15) is 48.5 Å². The molecule has 2 aliphatic heterocycles. The zero-order valence-electron chi connectivity index (χ0n) is 29.2. The molecule has 0 radical (unpaired) electrons. The molecule has 3 rings (SSSR count). The summed E-state index contributed by atoms with van der Waals surface area (Å²) in [4.78, 5) is 85.3. The van der Waals surface area contributed by atoms with Crippen LogP contribution in [0.25, 0.3) is 0 Å². The third-order valence-corrected chi connectivity index (χ3v) is 9.18. The van der Waals surface area contributed by atoms with Crippen molar-refractivity contribution in [1.82, 2.24) is 0 Å². The van der Waals surface area contributed by atoms with Gasteiger partial charge < -0.3 is 47.4 Å². The van der Waals surface area contributed by atoms with Crippen molar-refractivity contribution >= 4 is 51.6 Å². The highest BCUT2D eigenvalue weighted by Gasteiger charge is 2.59. The van der Waals surface area contributed by atoms with Crippen LogP contribution in [-0.4, -0.2) is 124 Å². The highest BCUT2D eigenvalue weighted by atomic mass is 32.2. The van der Waals surface area contributed by atoms with Gasteiger partial charge >= 0.3 is 41.8 Å². The summed E-state index contributed by atoms with van der Waals surface area (Å²) in [5.74, 6) is -6.49. The van der Waals surface area contributed by atoms with Crippen LogP contribution in [0.4, 0.5) is 0 Å². The normalized spacial score (nSPS) is 28.7. The lowest BCUT2D eigenvalue weighted by molar-refractivity contribution is -0.341. The van der Waals surface area contributed by atoms with Gasteiger partial charge in [0.2, 0.25) is 15.3 Å². The Bertz CT molecular complexity index is 1590. The summed E-state index contributed by atoms with van der Waals surface area (Å²) in [5.41, 5.74) is -2.08. The van der Waals surface area contributed by atoms with Crippen molar-refractivity contribution in [3.8, 4) is 0 Å². The van der Waals surface area contributed by atoms with E-state index in [9.17, 15) is 42.0 Å². The Balaban J connectivity index is 2.24. The summed E-state index contributed by atoms with van der Waals surface area (Å²) < 4.78 is 83.6. The van der Waals surface area contributed by atoms with Gasteiger partial charge in [0.25, 0.3) is 0 Å². The smallest absolute Gasteiger partial charge is 0.303 e. The molecule has 20 heteroatoms. The van der Waals surface area contributed by atoms with E-state index in [2.05, 4.69) is 0 Å². The van der Waals surface area contributed by atoms with E-state index in [1.165, 1.54) is 24.3 Å². The maximum absolute atomic E-state index is 14.0. The molecule has 10 atom stereocenters. The summed E-state index contributed by atoms with van der Waals surface area (Å²) in [6, 6.07) is 6.88. The molecule has 19 nitrogen and oxygen atoms in total. The lowest BCUT2D eigenvalue weighted by atomic mass is 9.96. The molecule has 2 heterocycles. The lowest BCUT2D eigenvalue weighted by Crippen LogP contribution is -2.67. The second kappa shape index (κ2) is 18.2. The van der Waals surface area contributed by atoms with Crippen LogP contribution >= 0.6 is 0 Å². The van der Waals surface area contributed by atoms with E-state index in [1.807, 2.05) is 0 Å². The van der Waals surface area contributed by atoms with Crippen LogP contribution in [0.2, 0.25) is 0 Å². The molecule has 0 aliphatic carbocycles. The van der Waals surface area contributed by atoms with Crippen molar-refractivity contribution in [3.05, 3.63) is 30.3 Å². The second-order valence-electron chi connectivity index (χ2n) is 11.5. The van der Waals surface area contributed by atoms with E-state index >= 15 is 0 Å². The minimum atomic E-state index is -4.59. The molecule has 2 fully saturated rings. The summed E-state index contributed by atoms with van der Waals surface area (Å²) in [6.07, 6.45) is -15.7. The minimum Gasteiger partial charge on any atom is -0.463 e. The van der Waals surface area contributed by atoms with Gasteiger partial charge in [0.15, 0.2) is 36.8 Å². The average Bonchev–Trinajstić information content (AvgIpc) is 3.03. The Morgan fingerprint density at radius 1 is 0.519 bits per heavy atom. The highest BCUT2D eigenvalue weighted by Crippen LogP contribution is 2.37. The molecule has 1 aromatic carbocycles. The first-order valence-electron chi connectivity index (χ1n) is 15.7. The van der Waals surface area contributed by atoms with E-state index in [1.54, 1.807) is 6.07 Å². The summed E-state index contributed by atoms with van der Waals surface area (Å²) in [7, 11) is -4.59. The van der Waals surface area contributed by atoms with Crippen molar-refractivity contribution < 1.29 is 89.3 Å². The number of ether oxygens (including phenoxy) is 10. The molecule has 1 aromatic rings. The van der Waals surface area contributed by atoms with Gasteiger partial charge in [-0.3, -0.25) is 33.6 Å². The number of hydrogen-bond donors (Lipinski definition) is 0. The fourth-order valence-electron chi connectivity index (χ4n) is 5.47. The van der Waals surface area contributed by atoms with E-state index in [-0.39, 0.29) is 4.90 Å².